The Bertz CT molecular complexity index is 308. The molecule has 1 aliphatic heterocycles. The van der Waals surface area contributed by atoms with E-state index in [0.717, 1.165) is 17.0 Å². The smallest absolute Gasteiger partial charge is 0.145 e. The van der Waals surface area contributed by atoms with Crippen LogP contribution in [0.25, 0.3) is 0 Å². The van der Waals surface area contributed by atoms with E-state index in [4.69, 9.17) is 15.2 Å². The van der Waals surface area contributed by atoms with Gasteiger partial charge in [-0.1, -0.05) is 0 Å². The fourth-order valence-corrected chi connectivity index (χ4v) is 1.27. The first-order valence-corrected chi connectivity index (χ1v) is 4.36. The number of nitrogens with two attached hydrogens (primary N) is 1. The molecule has 0 spiro atoms. The van der Waals surface area contributed by atoms with Gasteiger partial charge in [-0.15, -0.1) is 0 Å². The van der Waals surface area contributed by atoms with Crippen LogP contribution in [-0.4, -0.2) is 19.3 Å². The molecule has 0 aliphatic carbocycles. The maximum Gasteiger partial charge on any atom is 0.145 e. The average molecular weight is 179 g/mol. The van der Waals surface area contributed by atoms with E-state index in [1.54, 1.807) is 0 Å². The van der Waals surface area contributed by atoms with Crippen LogP contribution in [0.1, 0.15) is 5.56 Å². The number of aryl methyl sites for hydroxylation is 1. The molecule has 1 aromatic rings. The van der Waals surface area contributed by atoms with Crippen LogP contribution in [0, 0.1) is 6.92 Å². The largest absolute Gasteiger partial charge is 0.485 e. The van der Waals surface area contributed by atoms with Crippen molar-refractivity contribution in [2.45, 2.75) is 13.0 Å². The molecular weight excluding hydrogens is 166 g/mol. The number of hydrogen-bond donors (Lipinski definition) is 1. The second-order valence-corrected chi connectivity index (χ2v) is 3.30. The molecule has 1 aliphatic rings. The Morgan fingerprint density at radius 1 is 1.46 bits per heavy atom. The zero-order valence-corrected chi connectivity index (χ0v) is 7.62. The molecule has 0 bridgehead atoms. The zero-order chi connectivity index (χ0) is 9.26. The topological polar surface area (TPSA) is 44.5 Å². The molecule has 1 aromatic carbocycles. The fraction of sp³-hybridized carbons (Fsp3) is 0.400. The van der Waals surface area contributed by atoms with E-state index in [-0.39, 0.29) is 6.10 Å². The van der Waals surface area contributed by atoms with Crippen LogP contribution < -0.4 is 10.5 Å². The van der Waals surface area contributed by atoms with E-state index in [1.165, 1.54) is 0 Å². The van der Waals surface area contributed by atoms with Crippen molar-refractivity contribution in [2.24, 2.45) is 0 Å². The van der Waals surface area contributed by atoms with Gasteiger partial charge in [-0.25, -0.2) is 0 Å². The third-order valence-corrected chi connectivity index (χ3v) is 2.10. The molecule has 1 fully saturated rings. The van der Waals surface area contributed by atoms with E-state index in [2.05, 4.69) is 0 Å². The molecule has 13 heavy (non-hydrogen) atoms. The summed E-state index contributed by atoms with van der Waals surface area (Å²) in [6.45, 7) is 3.39. The van der Waals surface area contributed by atoms with E-state index < -0.39 is 0 Å². The van der Waals surface area contributed by atoms with Crippen LogP contribution in [-0.2, 0) is 4.74 Å². The number of benzene rings is 1. The van der Waals surface area contributed by atoms with Crippen molar-refractivity contribution in [1.82, 2.24) is 0 Å². The summed E-state index contributed by atoms with van der Waals surface area (Å²) in [5, 5.41) is 0. The Balaban J connectivity index is 2.10. The van der Waals surface area contributed by atoms with E-state index >= 15 is 0 Å². The lowest BCUT2D eigenvalue weighted by Crippen LogP contribution is -2.38. The molecular formula is C10H13NO2. The highest BCUT2D eigenvalue weighted by atomic mass is 16.6. The van der Waals surface area contributed by atoms with Crippen molar-refractivity contribution < 1.29 is 9.47 Å². The van der Waals surface area contributed by atoms with Gasteiger partial charge < -0.3 is 15.2 Å². The van der Waals surface area contributed by atoms with Crippen molar-refractivity contribution in [1.29, 1.82) is 0 Å². The maximum absolute atomic E-state index is 5.66. The summed E-state index contributed by atoms with van der Waals surface area (Å²) >= 11 is 0. The Labute approximate surface area is 77.5 Å². The quantitative estimate of drug-likeness (QED) is 0.697. The van der Waals surface area contributed by atoms with Gasteiger partial charge in [0.15, 0.2) is 0 Å². The lowest BCUT2D eigenvalue weighted by Gasteiger charge is -2.27. The molecule has 0 atom stereocenters. The standard InChI is InChI=1S/C10H13NO2/c1-7-4-8(11)2-3-10(7)13-9-5-12-6-9/h2-4,9H,5-6,11H2,1H3. The Morgan fingerprint density at radius 3 is 2.77 bits per heavy atom. The lowest BCUT2D eigenvalue weighted by atomic mass is 10.2. The summed E-state index contributed by atoms with van der Waals surface area (Å²) in [5.74, 6) is 0.905. The first-order chi connectivity index (χ1) is 6.25. The zero-order valence-electron chi connectivity index (χ0n) is 7.62. The van der Waals surface area contributed by atoms with Crippen LogP contribution in [0.15, 0.2) is 18.2 Å². The molecule has 70 valence electrons. The summed E-state index contributed by atoms with van der Waals surface area (Å²) in [6, 6.07) is 5.67. The summed E-state index contributed by atoms with van der Waals surface area (Å²) in [4.78, 5) is 0. The molecule has 0 amide bonds. The molecule has 0 unspecified atom stereocenters. The van der Waals surface area contributed by atoms with Gasteiger partial charge in [0.25, 0.3) is 0 Å². The third kappa shape index (κ3) is 1.75. The van der Waals surface area contributed by atoms with Crippen LogP contribution in [0.4, 0.5) is 5.69 Å². The Morgan fingerprint density at radius 2 is 2.23 bits per heavy atom. The molecule has 2 rings (SSSR count). The van der Waals surface area contributed by atoms with Gasteiger partial charge in [-0.05, 0) is 30.7 Å². The summed E-state index contributed by atoms with van der Waals surface area (Å²) in [6.07, 6.45) is 0.224. The summed E-state index contributed by atoms with van der Waals surface area (Å²) in [5.41, 5.74) is 7.47. The third-order valence-electron chi connectivity index (χ3n) is 2.10. The Kier molecular flexibility index (Phi) is 2.10. The van der Waals surface area contributed by atoms with Crippen LogP contribution in [0.2, 0.25) is 0 Å². The van der Waals surface area contributed by atoms with Crippen LogP contribution >= 0.6 is 0 Å². The van der Waals surface area contributed by atoms with E-state index in [1.807, 2.05) is 25.1 Å². The van der Waals surface area contributed by atoms with Gasteiger partial charge in [0.1, 0.15) is 11.9 Å². The van der Waals surface area contributed by atoms with Gasteiger partial charge in [0, 0.05) is 5.69 Å². The first-order valence-electron chi connectivity index (χ1n) is 4.36. The number of anilines is 1. The molecule has 0 radical (unpaired) electrons. The monoisotopic (exact) mass is 179 g/mol. The van der Waals surface area contributed by atoms with Crippen molar-refractivity contribution >= 4 is 5.69 Å². The average Bonchev–Trinajstić information content (AvgIpc) is 1.99. The molecule has 2 N–H and O–H groups in total. The van der Waals surface area contributed by atoms with Crippen molar-refractivity contribution in [3.8, 4) is 5.75 Å². The van der Waals surface area contributed by atoms with Gasteiger partial charge >= 0.3 is 0 Å². The summed E-state index contributed by atoms with van der Waals surface area (Å²) < 4.78 is 10.7. The highest BCUT2D eigenvalue weighted by Crippen LogP contribution is 2.22. The van der Waals surface area contributed by atoms with Crippen LogP contribution in [0.3, 0.4) is 0 Å². The minimum atomic E-state index is 0.224. The van der Waals surface area contributed by atoms with Crippen molar-refractivity contribution in [3.05, 3.63) is 23.8 Å². The van der Waals surface area contributed by atoms with Gasteiger partial charge in [-0.2, -0.15) is 0 Å². The predicted molar refractivity (Wildman–Crippen MR) is 50.8 cm³/mol. The second-order valence-electron chi connectivity index (χ2n) is 3.30. The highest BCUT2D eigenvalue weighted by Gasteiger charge is 2.20. The molecule has 3 nitrogen and oxygen atoms in total. The number of hydrogen-bond acceptors (Lipinski definition) is 3. The van der Waals surface area contributed by atoms with Crippen LogP contribution in [0.5, 0.6) is 5.75 Å². The fourth-order valence-electron chi connectivity index (χ4n) is 1.27. The lowest BCUT2D eigenvalue weighted by molar-refractivity contribution is -0.0799. The van der Waals surface area contributed by atoms with E-state index in [9.17, 15) is 0 Å². The maximum atomic E-state index is 5.66. The van der Waals surface area contributed by atoms with Gasteiger partial charge in [0.2, 0.25) is 0 Å². The number of rotatable bonds is 2. The van der Waals surface area contributed by atoms with Crippen molar-refractivity contribution in [2.75, 3.05) is 18.9 Å². The molecule has 1 heterocycles. The number of ether oxygens (including phenoxy) is 2. The normalized spacial score (nSPS) is 16.7. The molecule has 0 saturated carbocycles. The SMILES string of the molecule is Cc1cc(N)ccc1OC1COC1. The molecule has 3 heteroatoms. The highest BCUT2D eigenvalue weighted by molar-refractivity contribution is 5.47. The minimum absolute atomic E-state index is 0.224. The van der Waals surface area contributed by atoms with Gasteiger partial charge in [-0.3, -0.25) is 0 Å². The second kappa shape index (κ2) is 3.26. The number of nitrogen functional groups attached to an aromatic ring is 1. The predicted octanol–water partition coefficient (Wildman–Crippen LogP) is 1.35. The van der Waals surface area contributed by atoms with Gasteiger partial charge in [0.05, 0.1) is 13.2 Å². The van der Waals surface area contributed by atoms with E-state index in [0.29, 0.717) is 13.2 Å². The Hall–Kier alpha value is -1.22. The van der Waals surface area contributed by atoms with Crippen molar-refractivity contribution in [3.63, 3.8) is 0 Å². The first kappa shape index (κ1) is 8.38. The minimum Gasteiger partial charge on any atom is -0.485 e. The molecule has 1 saturated heterocycles. The molecule has 0 aromatic heterocycles. The summed E-state index contributed by atoms with van der Waals surface area (Å²) in [7, 11) is 0.